The maximum Gasteiger partial charge on any atom is 0.490 e. The van der Waals surface area contributed by atoms with E-state index in [1.54, 1.807) is 0 Å². The first-order chi connectivity index (χ1) is 17.4. The number of aryl methyl sites for hydroxylation is 2. The number of halogens is 3. The van der Waals surface area contributed by atoms with E-state index in [-0.39, 0.29) is 11.8 Å². The van der Waals surface area contributed by atoms with Gasteiger partial charge in [0.1, 0.15) is 0 Å². The Kier molecular flexibility index (Phi) is 11.8. The van der Waals surface area contributed by atoms with Crippen molar-refractivity contribution in [3.05, 3.63) is 34.9 Å². The standard InChI is InChI=1S/C24H38N4O2.C2HF3O2/c1-19-16-20(2)18-22(17-19)24(30)28(15-14-26-10-5-4-6-21(26)3)11-7-23(29)27-12-8-25-9-13-27;3-2(4,5)1(6)7/h16-18,21,25H,4-15H2,1-3H3;(H,6,7). The van der Waals surface area contributed by atoms with Gasteiger partial charge in [-0.25, -0.2) is 4.79 Å². The molecule has 2 saturated heterocycles. The lowest BCUT2D eigenvalue weighted by Crippen LogP contribution is -2.48. The van der Waals surface area contributed by atoms with Crippen LogP contribution in [0.25, 0.3) is 0 Å². The molecule has 0 saturated carbocycles. The summed E-state index contributed by atoms with van der Waals surface area (Å²) in [6.07, 6.45) is -0.933. The molecule has 1 aromatic rings. The Morgan fingerprint density at radius 1 is 1.03 bits per heavy atom. The number of piperazine rings is 1. The van der Waals surface area contributed by atoms with Crippen molar-refractivity contribution in [2.24, 2.45) is 0 Å². The Morgan fingerprint density at radius 2 is 1.62 bits per heavy atom. The molecule has 0 aromatic heterocycles. The molecule has 3 rings (SSSR count). The molecule has 11 heteroatoms. The Hall–Kier alpha value is -2.66. The van der Waals surface area contributed by atoms with E-state index in [2.05, 4.69) is 23.2 Å². The van der Waals surface area contributed by atoms with Crippen molar-refractivity contribution in [2.75, 3.05) is 52.4 Å². The molecule has 2 fully saturated rings. The molecule has 0 spiro atoms. The van der Waals surface area contributed by atoms with Crippen molar-refractivity contribution < 1.29 is 32.7 Å². The normalized spacial score (nSPS) is 18.5. The number of rotatable bonds is 7. The fourth-order valence-electron chi connectivity index (χ4n) is 4.64. The van der Waals surface area contributed by atoms with Gasteiger partial charge in [-0.2, -0.15) is 13.2 Å². The lowest BCUT2D eigenvalue weighted by Gasteiger charge is -2.35. The van der Waals surface area contributed by atoms with Gasteiger partial charge in [-0.05, 0) is 52.3 Å². The second kappa shape index (κ2) is 14.3. The van der Waals surface area contributed by atoms with Crippen LogP contribution in [0.2, 0.25) is 0 Å². The average molecular weight is 529 g/mol. The van der Waals surface area contributed by atoms with Crippen molar-refractivity contribution in [1.82, 2.24) is 20.0 Å². The van der Waals surface area contributed by atoms with Crippen LogP contribution in [-0.2, 0) is 9.59 Å². The van der Waals surface area contributed by atoms with Crippen LogP contribution in [-0.4, -0.2) is 102 Å². The summed E-state index contributed by atoms with van der Waals surface area (Å²) >= 11 is 0. The second-order valence-electron chi connectivity index (χ2n) is 9.73. The van der Waals surface area contributed by atoms with Gasteiger partial charge in [0.15, 0.2) is 0 Å². The molecule has 0 radical (unpaired) electrons. The molecule has 2 N–H and O–H groups in total. The quantitative estimate of drug-likeness (QED) is 0.565. The molecule has 2 aliphatic heterocycles. The van der Waals surface area contributed by atoms with Gasteiger partial charge >= 0.3 is 12.1 Å². The summed E-state index contributed by atoms with van der Waals surface area (Å²) < 4.78 is 31.7. The van der Waals surface area contributed by atoms with Gasteiger partial charge < -0.3 is 20.2 Å². The minimum absolute atomic E-state index is 0.0413. The molecule has 37 heavy (non-hydrogen) atoms. The third-order valence-electron chi connectivity index (χ3n) is 6.66. The molecule has 0 bridgehead atoms. The topological polar surface area (TPSA) is 93.2 Å². The predicted molar refractivity (Wildman–Crippen MR) is 134 cm³/mol. The number of piperidine rings is 1. The molecule has 1 unspecified atom stereocenters. The van der Waals surface area contributed by atoms with Gasteiger partial charge in [-0.1, -0.05) is 23.6 Å². The highest BCUT2D eigenvalue weighted by Gasteiger charge is 2.38. The highest BCUT2D eigenvalue weighted by Crippen LogP contribution is 2.17. The second-order valence-corrected chi connectivity index (χ2v) is 9.73. The molecule has 1 aromatic carbocycles. The van der Waals surface area contributed by atoms with Crippen molar-refractivity contribution in [3.8, 4) is 0 Å². The molecule has 1 atom stereocenters. The van der Waals surface area contributed by atoms with Gasteiger partial charge in [-0.15, -0.1) is 0 Å². The van der Waals surface area contributed by atoms with Gasteiger partial charge in [0.05, 0.1) is 0 Å². The van der Waals surface area contributed by atoms with Crippen LogP contribution in [0.5, 0.6) is 0 Å². The van der Waals surface area contributed by atoms with Crippen molar-refractivity contribution >= 4 is 17.8 Å². The smallest absolute Gasteiger partial charge is 0.475 e. The summed E-state index contributed by atoms with van der Waals surface area (Å²) in [5.74, 6) is -2.56. The van der Waals surface area contributed by atoms with E-state index in [4.69, 9.17) is 9.90 Å². The van der Waals surface area contributed by atoms with E-state index in [0.29, 0.717) is 25.6 Å². The highest BCUT2D eigenvalue weighted by molar-refractivity contribution is 5.95. The average Bonchev–Trinajstić information content (AvgIpc) is 2.84. The van der Waals surface area contributed by atoms with Crippen LogP contribution in [0.3, 0.4) is 0 Å². The number of benzene rings is 1. The number of aliphatic carboxylic acids is 1. The minimum atomic E-state index is -5.08. The van der Waals surface area contributed by atoms with Crippen LogP contribution in [0.1, 0.15) is 54.1 Å². The monoisotopic (exact) mass is 528 g/mol. The molecule has 2 heterocycles. The fraction of sp³-hybridized carbons (Fsp3) is 0.654. The lowest BCUT2D eigenvalue weighted by atomic mass is 10.0. The number of carboxylic acid groups (broad SMARTS) is 1. The third kappa shape index (κ3) is 10.3. The van der Waals surface area contributed by atoms with Gasteiger partial charge in [0.2, 0.25) is 5.91 Å². The van der Waals surface area contributed by atoms with Crippen LogP contribution in [0.4, 0.5) is 13.2 Å². The van der Waals surface area contributed by atoms with Crippen LogP contribution < -0.4 is 5.32 Å². The molecule has 2 amide bonds. The number of nitrogens with zero attached hydrogens (tertiary/aromatic N) is 3. The molecule has 208 valence electrons. The number of carboxylic acids is 1. The number of alkyl halides is 3. The van der Waals surface area contributed by atoms with Crippen LogP contribution in [0, 0.1) is 13.8 Å². The maximum absolute atomic E-state index is 13.4. The first-order valence-electron chi connectivity index (χ1n) is 12.8. The molecule has 0 aliphatic carbocycles. The SMILES string of the molecule is Cc1cc(C)cc(C(=O)N(CCC(=O)N2CCNCC2)CCN2CCCCC2C)c1.O=C(O)C(F)(F)F. The third-order valence-corrected chi connectivity index (χ3v) is 6.66. The van der Waals surface area contributed by atoms with Gasteiger partial charge in [0.25, 0.3) is 5.91 Å². The number of hydrogen-bond donors (Lipinski definition) is 2. The summed E-state index contributed by atoms with van der Waals surface area (Å²) in [4.78, 5) is 41.2. The molecular formula is C26H39F3N4O4. The van der Waals surface area contributed by atoms with Crippen molar-refractivity contribution in [1.29, 1.82) is 0 Å². The maximum atomic E-state index is 13.4. The van der Waals surface area contributed by atoms with E-state index in [9.17, 15) is 22.8 Å². The van der Waals surface area contributed by atoms with Crippen molar-refractivity contribution in [3.63, 3.8) is 0 Å². The Morgan fingerprint density at radius 3 is 2.16 bits per heavy atom. The predicted octanol–water partition coefficient (Wildman–Crippen LogP) is 3.08. The van der Waals surface area contributed by atoms with Gasteiger partial charge in [-0.3, -0.25) is 14.5 Å². The zero-order valence-electron chi connectivity index (χ0n) is 21.9. The van der Waals surface area contributed by atoms with Crippen LogP contribution in [0.15, 0.2) is 18.2 Å². The first kappa shape index (κ1) is 30.6. The summed E-state index contributed by atoms with van der Waals surface area (Å²) in [5.41, 5.74) is 2.92. The minimum Gasteiger partial charge on any atom is -0.475 e. The van der Waals surface area contributed by atoms with Gasteiger partial charge in [0, 0.05) is 63.8 Å². The van der Waals surface area contributed by atoms with E-state index in [0.717, 1.165) is 56.0 Å². The number of amides is 2. The Bertz CT molecular complexity index is 899. The Labute approximate surface area is 216 Å². The molecule has 2 aliphatic rings. The number of likely N-dealkylation sites (tertiary alicyclic amines) is 1. The van der Waals surface area contributed by atoms with Crippen molar-refractivity contribution in [2.45, 2.75) is 58.7 Å². The number of nitrogens with one attached hydrogen (secondary N) is 1. The molecular weight excluding hydrogens is 489 g/mol. The largest absolute Gasteiger partial charge is 0.490 e. The highest BCUT2D eigenvalue weighted by atomic mass is 19.4. The number of hydrogen-bond acceptors (Lipinski definition) is 5. The Balaban J connectivity index is 0.000000604. The summed E-state index contributed by atoms with van der Waals surface area (Å²) in [7, 11) is 0. The first-order valence-corrected chi connectivity index (χ1v) is 12.8. The number of carbonyl (C=O) groups is 3. The fourth-order valence-corrected chi connectivity index (χ4v) is 4.64. The summed E-state index contributed by atoms with van der Waals surface area (Å²) in [5, 5.41) is 10.4. The summed E-state index contributed by atoms with van der Waals surface area (Å²) in [6.45, 7) is 12.7. The zero-order chi connectivity index (χ0) is 27.6. The van der Waals surface area contributed by atoms with E-state index in [1.807, 2.05) is 35.8 Å². The zero-order valence-corrected chi connectivity index (χ0v) is 21.9. The lowest BCUT2D eigenvalue weighted by molar-refractivity contribution is -0.192. The van der Waals surface area contributed by atoms with Crippen LogP contribution >= 0.6 is 0 Å². The van der Waals surface area contributed by atoms with E-state index >= 15 is 0 Å². The van der Waals surface area contributed by atoms with E-state index < -0.39 is 12.1 Å². The number of carbonyl (C=O) groups excluding carboxylic acids is 2. The molecule has 8 nitrogen and oxygen atoms in total. The van der Waals surface area contributed by atoms with E-state index in [1.165, 1.54) is 19.3 Å². The summed E-state index contributed by atoms with van der Waals surface area (Å²) in [6, 6.07) is 6.58.